The van der Waals surface area contributed by atoms with E-state index in [1.165, 1.54) is 25.7 Å². The summed E-state index contributed by atoms with van der Waals surface area (Å²) in [6.45, 7) is 4.36. The highest BCUT2D eigenvalue weighted by Crippen LogP contribution is 2.30. The molecule has 6 nitrogen and oxygen atoms in total. The summed E-state index contributed by atoms with van der Waals surface area (Å²) < 4.78 is 27.3. The van der Waals surface area contributed by atoms with Crippen molar-refractivity contribution >= 4 is 32.3 Å². The molecule has 1 unspecified atom stereocenters. The van der Waals surface area contributed by atoms with Crippen LogP contribution in [0.25, 0.3) is 10.9 Å². The van der Waals surface area contributed by atoms with Crippen LogP contribution in [0, 0.1) is 5.92 Å². The van der Waals surface area contributed by atoms with Gasteiger partial charge in [-0.15, -0.1) is 0 Å². The monoisotopic (exact) mass is 505 g/mol. The van der Waals surface area contributed by atoms with E-state index in [-0.39, 0.29) is 17.6 Å². The number of anilines is 1. The minimum Gasteiger partial charge on any atom is -0.386 e. The number of aromatic nitrogens is 1. The summed E-state index contributed by atoms with van der Waals surface area (Å²) in [4.78, 5) is 15.3. The largest absolute Gasteiger partial charge is 0.386 e. The summed E-state index contributed by atoms with van der Waals surface area (Å²) in [5.74, 6) is -0.318. The second-order valence-electron chi connectivity index (χ2n) is 10.3. The van der Waals surface area contributed by atoms with Crippen molar-refractivity contribution in [2.75, 3.05) is 11.1 Å². The van der Waals surface area contributed by atoms with Gasteiger partial charge in [0, 0.05) is 46.9 Å². The Morgan fingerprint density at radius 3 is 2.64 bits per heavy atom. The number of sulfone groups is 1. The number of allylic oxidation sites excluding steroid dienone is 1. The smallest absolute Gasteiger partial charge is 0.224 e. The Hall–Kier alpha value is -3.06. The first-order chi connectivity index (χ1) is 17.4. The van der Waals surface area contributed by atoms with Gasteiger partial charge in [-0.1, -0.05) is 50.5 Å². The Morgan fingerprint density at radius 1 is 1.06 bits per heavy atom. The van der Waals surface area contributed by atoms with Gasteiger partial charge in [0.05, 0.1) is 10.6 Å². The standard InChI is InChI=1S/C29H35N3O3S/c1-20(31-24-8-4-2-3-5-9-24)23(16-22-18-30-28-11-7-6-10-26(22)28)19-36(34,35)25-13-14-27-21(17-25)12-15-29(33)32-27/h6-7,10-11,13-14,17-18,23-24,30-31H,1-5,8-9,12,15-16,19H2,(H,32,33). The number of amides is 1. The zero-order chi connectivity index (χ0) is 25.1. The number of fused-ring (bicyclic) bond motifs is 2. The van der Waals surface area contributed by atoms with Gasteiger partial charge in [-0.2, -0.15) is 0 Å². The van der Waals surface area contributed by atoms with E-state index >= 15 is 0 Å². The average Bonchev–Trinajstić information content (AvgIpc) is 3.09. The van der Waals surface area contributed by atoms with Gasteiger partial charge in [0.15, 0.2) is 9.84 Å². The quantitative estimate of drug-likeness (QED) is 0.352. The van der Waals surface area contributed by atoms with E-state index in [9.17, 15) is 13.2 Å². The predicted octanol–water partition coefficient (Wildman–Crippen LogP) is 5.51. The minimum absolute atomic E-state index is 0.0177. The Kier molecular flexibility index (Phi) is 7.19. The molecule has 1 aliphatic carbocycles. The zero-order valence-corrected chi connectivity index (χ0v) is 21.5. The van der Waals surface area contributed by atoms with Gasteiger partial charge in [0.1, 0.15) is 0 Å². The topological polar surface area (TPSA) is 91.1 Å². The fourth-order valence-corrected chi connectivity index (χ4v) is 7.21. The number of hydrogen-bond acceptors (Lipinski definition) is 4. The Morgan fingerprint density at radius 2 is 1.83 bits per heavy atom. The second kappa shape index (κ2) is 10.5. The first kappa shape index (κ1) is 24.6. The number of aryl methyl sites for hydroxylation is 1. The van der Waals surface area contributed by atoms with Crippen LogP contribution in [-0.2, 0) is 27.5 Å². The molecule has 1 amide bonds. The van der Waals surface area contributed by atoms with Gasteiger partial charge < -0.3 is 15.6 Å². The summed E-state index contributed by atoms with van der Waals surface area (Å²) in [5.41, 5.74) is 4.54. The number of H-pyrrole nitrogens is 1. The van der Waals surface area contributed by atoms with E-state index in [1.54, 1.807) is 18.2 Å². The van der Waals surface area contributed by atoms with Crippen LogP contribution in [0.5, 0.6) is 0 Å². The molecule has 190 valence electrons. The first-order valence-electron chi connectivity index (χ1n) is 13.0. The molecule has 1 aliphatic heterocycles. The van der Waals surface area contributed by atoms with Crippen molar-refractivity contribution in [2.24, 2.45) is 5.92 Å². The molecule has 0 bridgehead atoms. The summed E-state index contributed by atoms with van der Waals surface area (Å²) in [7, 11) is -3.58. The van der Waals surface area contributed by atoms with Crippen LogP contribution in [0.2, 0.25) is 0 Å². The SMILES string of the molecule is C=C(NC1CCCCCC1)C(Cc1c[nH]c2ccccc12)CS(=O)(=O)c1ccc2c(c1)CCC(=O)N2. The lowest BCUT2D eigenvalue weighted by molar-refractivity contribution is -0.116. The summed E-state index contributed by atoms with van der Waals surface area (Å²) in [5, 5.41) is 7.58. The molecule has 3 aromatic rings. The van der Waals surface area contributed by atoms with Crippen molar-refractivity contribution in [3.63, 3.8) is 0 Å². The van der Waals surface area contributed by atoms with Gasteiger partial charge >= 0.3 is 0 Å². The number of carbonyl (C=O) groups is 1. The number of para-hydroxylation sites is 1. The van der Waals surface area contributed by atoms with Crippen molar-refractivity contribution in [3.8, 4) is 0 Å². The third-order valence-electron chi connectivity index (χ3n) is 7.63. The molecule has 1 atom stereocenters. The van der Waals surface area contributed by atoms with E-state index in [2.05, 4.69) is 28.3 Å². The Balaban J connectivity index is 1.41. The lowest BCUT2D eigenvalue weighted by atomic mass is 9.96. The number of carbonyl (C=O) groups excluding carboxylic acids is 1. The molecular formula is C29H35N3O3S. The molecule has 1 aromatic heterocycles. The van der Waals surface area contributed by atoms with Crippen LogP contribution < -0.4 is 10.6 Å². The highest BCUT2D eigenvalue weighted by atomic mass is 32.2. The molecule has 36 heavy (non-hydrogen) atoms. The van der Waals surface area contributed by atoms with Crippen molar-refractivity contribution in [3.05, 3.63) is 72.1 Å². The van der Waals surface area contributed by atoms with E-state index in [0.29, 0.717) is 35.9 Å². The normalized spacial score (nSPS) is 17.7. The van der Waals surface area contributed by atoms with Crippen LogP contribution >= 0.6 is 0 Å². The minimum atomic E-state index is -3.58. The van der Waals surface area contributed by atoms with Crippen molar-refractivity contribution < 1.29 is 13.2 Å². The molecule has 1 saturated carbocycles. The molecule has 2 aromatic carbocycles. The van der Waals surface area contributed by atoms with Crippen molar-refractivity contribution in [1.29, 1.82) is 0 Å². The van der Waals surface area contributed by atoms with Crippen molar-refractivity contribution in [1.82, 2.24) is 10.3 Å². The van der Waals surface area contributed by atoms with Gasteiger partial charge in [-0.05, 0) is 61.1 Å². The maximum absolute atomic E-state index is 13.7. The van der Waals surface area contributed by atoms with E-state index < -0.39 is 9.84 Å². The molecule has 0 radical (unpaired) electrons. The molecule has 2 aliphatic rings. The number of nitrogens with one attached hydrogen (secondary N) is 3. The number of hydrogen-bond donors (Lipinski definition) is 3. The number of benzene rings is 2. The second-order valence-corrected chi connectivity index (χ2v) is 12.3. The molecule has 5 rings (SSSR count). The van der Waals surface area contributed by atoms with Crippen LogP contribution in [0.3, 0.4) is 0 Å². The molecule has 1 fully saturated rings. The maximum atomic E-state index is 13.7. The van der Waals surface area contributed by atoms with E-state index in [1.807, 2.05) is 24.4 Å². The summed E-state index contributed by atoms with van der Waals surface area (Å²) in [6, 6.07) is 13.5. The zero-order valence-electron chi connectivity index (χ0n) is 20.7. The predicted molar refractivity (Wildman–Crippen MR) is 145 cm³/mol. The lowest BCUT2D eigenvalue weighted by Crippen LogP contribution is -2.34. The van der Waals surface area contributed by atoms with Crippen LogP contribution in [0.1, 0.15) is 56.1 Å². The fraction of sp³-hybridized carbons (Fsp3) is 0.414. The highest BCUT2D eigenvalue weighted by molar-refractivity contribution is 7.91. The van der Waals surface area contributed by atoms with Gasteiger partial charge in [0.25, 0.3) is 0 Å². The Bertz CT molecular complexity index is 1370. The molecule has 7 heteroatoms. The van der Waals surface area contributed by atoms with Crippen LogP contribution in [0.15, 0.2) is 65.8 Å². The van der Waals surface area contributed by atoms with Gasteiger partial charge in [-0.3, -0.25) is 4.79 Å². The molecule has 0 saturated heterocycles. The lowest BCUT2D eigenvalue weighted by Gasteiger charge is -2.26. The molecular weight excluding hydrogens is 470 g/mol. The number of aromatic amines is 1. The van der Waals surface area contributed by atoms with Gasteiger partial charge in [0.2, 0.25) is 5.91 Å². The third-order valence-corrected chi connectivity index (χ3v) is 9.44. The number of rotatable bonds is 8. The van der Waals surface area contributed by atoms with E-state index in [0.717, 1.165) is 40.6 Å². The average molecular weight is 506 g/mol. The maximum Gasteiger partial charge on any atom is 0.224 e. The molecule has 2 heterocycles. The highest BCUT2D eigenvalue weighted by Gasteiger charge is 2.27. The van der Waals surface area contributed by atoms with Gasteiger partial charge in [-0.25, -0.2) is 8.42 Å². The summed E-state index contributed by atoms with van der Waals surface area (Å²) in [6.07, 6.45) is 10.6. The van der Waals surface area contributed by atoms with Crippen molar-refractivity contribution in [2.45, 2.75) is 68.7 Å². The van der Waals surface area contributed by atoms with Crippen LogP contribution in [-0.4, -0.2) is 31.1 Å². The summed E-state index contributed by atoms with van der Waals surface area (Å²) >= 11 is 0. The molecule has 3 N–H and O–H groups in total. The van der Waals surface area contributed by atoms with Crippen LogP contribution in [0.4, 0.5) is 5.69 Å². The third kappa shape index (κ3) is 5.51. The fourth-order valence-electron chi connectivity index (χ4n) is 5.57. The first-order valence-corrected chi connectivity index (χ1v) is 14.7. The molecule has 0 spiro atoms. The van der Waals surface area contributed by atoms with E-state index in [4.69, 9.17) is 0 Å². The Labute approximate surface area is 213 Å².